The lowest BCUT2D eigenvalue weighted by Crippen LogP contribution is -1.87. The predicted molar refractivity (Wildman–Crippen MR) is 40.3 cm³/mol. The van der Waals surface area contributed by atoms with Gasteiger partial charge in [0.05, 0.1) is 0 Å². The minimum absolute atomic E-state index is 0.498. The average molecular weight is 140 g/mol. The summed E-state index contributed by atoms with van der Waals surface area (Å²) in [4.78, 5) is 2.88. The van der Waals surface area contributed by atoms with Gasteiger partial charge in [-0.05, 0) is 17.5 Å². The number of hydrogen-bond donors (Lipinski definition) is 3. The van der Waals surface area contributed by atoms with E-state index in [0.29, 0.717) is 11.7 Å². The third-order valence-electron chi connectivity index (χ3n) is 1.49. The average Bonchev–Trinajstić information content (AvgIpc) is 2.34. The Bertz CT molecular complexity index is 205. The van der Waals surface area contributed by atoms with Crippen molar-refractivity contribution in [2.45, 2.75) is 19.8 Å². The molecule has 0 saturated heterocycles. The van der Waals surface area contributed by atoms with Crippen LogP contribution in [0.1, 0.15) is 25.3 Å². The summed E-state index contributed by atoms with van der Waals surface area (Å²) in [6, 6.07) is 1.88. The van der Waals surface area contributed by atoms with Crippen LogP contribution in [0.3, 0.4) is 0 Å². The third-order valence-corrected chi connectivity index (χ3v) is 1.49. The van der Waals surface area contributed by atoms with Crippen LogP contribution in [0.2, 0.25) is 0 Å². The molecule has 1 rings (SSSR count). The van der Waals surface area contributed by atoms with E-state index < -0.39 is 0 Å². The van der Waals surface area contributed by atoms with Crippen LogP contribution in [-0.2, 0) is 0 Å². The lowest BCUT2D eigenvalue weighted by atomic mass is 10.1. The summed E-state index contributed by atoms with van der Waals surface area (Å²) in [5.41, 5.74) is 3.24. The molecule has 56 valence electrons. The maximum absolute atomic E-state index is 8.45. The fourth-order valence-corrected chi connectivity index (χ4v) is 0.809. The molecule has 3 N–H and O–H groups in total. The zero-order valence-corrected chi connectivity index (χ0v) is 6.18. The van der Waals surface area contributed by atoms with E-state index in [1.165, 1.54) is 5.56 Å². The number of anilines is 1. The smallest absolute Gasteiger partial charge is 0.127 e. The van der Waals surface area contributed by atoms with Crippen LogP contribution >= 0.6 is 0 Å². The Hall–Kier alpha value is -0.960. The molecule has 1 aromatic heterocycles. The van der Waals surface area contributed by atoms with Crippen molar-refractivity contribution in [3.63, 3.8) is 0 Å². The van der Waals surface area contributed by atoms with Gasteiger partial charge < -0.3 is 4.98 Å². The molecule has 0 aliphatic carbocycles. The van der Waals surface area contributed by atoms with Gasteiger partial charge in [-0.25, -0.2) is 0 Å². The van der Waals surface area contributed by atoms with E-state index in [2.05, 4.69) is 18.8 Å². The second-order valence-corrected chi connectivity index (χ2v) is 2.61. The topological polar surface area (TPSA) is 48.0 Å². The molecule has 0 aliphatic rings. The van der Waals surface area contributed by atoms with Gasteiger partial charge in [-0.2, -0.15) is 0 Å². The minimum Gasteiger partial charge on any atom is -0.347 e. The van der Waals surface area contributed by atoms with E-state index >= 15 is 0 Å². The van der Waals surface area contributed by atoms with Gasteiger partial charge in [0.1, 0.15) is 5.82 Å². The van der Waals surface area contributed by atoms with Crippen LogP contribution in [0.15, 0.2) is 12.3 Å². The molecule has 0 saturated carbocycles. The monoisotopic (exact) mass is 140 g/mol. The fourth-order valence-electron chi connectivity index (χ4n) is 0.809. The predicted octanol–water partition coefficient (Wildman–Crippen LogP) is 1.94. The van der Waals surface area contributed by atoms with Gasteiger partial charge in [-0.1, -0.05) is 13.8 Å². The molecule has 0 aliphatic heterocycles. The standard InChI is InChI=1S/C7H12N2O/c1-5(2)6-3-7(9-10)8-4-6/h3-5,8-10H,1-2H3. The van der Waals surface area contributed by atoms with Crippen LogP contribution in [0.5, 0.6) is 0 Å². The molecule has 0 fully saturated rings. The Kier molecular flexibility index (Phi) is 1.97. The molecule has 3 heteroatoms. The molecule has 0 bridgehead atoms. The first-order chi connectivity index (χ1) is 4.74. The summed E-state index contributed by atoms with van der Waals surface area (Å²) in [5, 5.41) is 8.45. The largest absolute Gasteiger partial charge is 0.347 e. The Morgan fingerprint density at radius 1 is 1.60 bits per heavy atom. The van der Waals surface area contributed by atoms with Crippen molar-refractivity contribution in [2.75, 3.05) is 5.48 Å². The van der Waals surface area contributed by atoms with E-state index in [1.54, 1.807) is 0 Å². The highest BCUT2D eigenvalue weighted by Gasteiger charge is 2.00. The summed E-state index contributed by atoms with van der Waals surface area (Å²) in [5.74, 6) is 1.14. The zero-order chi connectivity index (χ0) is 7.56. The van der Waals surface area contributed by atoms with Crippen LogP contribution in [-0.4, -0.2) is 10.2 Å². The van der Waals surface area contributed by atoms with Crippen molar-refractivity contribution < 1.29 is 5.21 Å². The second-order valence-electron chi connectivity index (χ2n) is 2.61. The van der Waals surface area contributed by atoms with Gasteiger partial charge in [0.15, 0.2) is 0 Å². The molecule has 0 amide bonds. The first kappa shape index (κ1) is 7.15. The Morgan fingerprint density at radius 3 is 2.60 bits per heavy atom. The summed E-state index contributed by atoms with van der Waals surface area (Å²) in [7, 11) is 0. The SMILES string of the molecule is CC(C)c1c[nH]c(NO)c1. The van der Waals surface area contributed by atoms with Gasteiger partial charge >= 0.3 is 0 Å². The fraction of sp³-hybridized carbons (Fsp3) is 0.429. The van der Waals surface area contributed by atoms with E-state index in [4.69, 9.17) is 5.21 Å². The van der Waals surface area contributed by atoms with Gasteiger partial charge in [0.25, 0.3) is 0 Å². The molecule has 0 unspecified atom stereocenters. The maximum Gasteiger partial charge on any atom is 0.127 e. The van der Waals surface area contributed by atoms with Crippen LogP contribution in [0.25, 0.3) is 0 Å². The van der Waals surface area contributed by atoms with Crippen molar-refractivity contribution >= 4 is 5.82 Å². The van der Waals surface area contributed by atoms with E-state index in [-0.39, 0.29) is 0 Å². The molecule has 3 nitrogen and oxygen atoms in total. The highest BCUT2D eigenvalue weighted by molar-refractivity contribution is 5.37. The Labute approximate surface area is 60.0 Å². The van der Waals surface area contributed by atoms with Crippen LogP contribution in [0.4, 0.5) is 5.82 Å². The lowest BCUT2D eigenvalue weighted by molar-refractivity contribution is 0.386. The Balaban J connectivity index is 2.78. The molecule has 1 heterocycles. The van der Waals surface area contributed by atoms with Crippen molar-refractivity contribution in [3.8, 4) is 0 Å². The summed E-state index contributed by atoms with van der Waals surface area (Å²) < 4.78 is 0. The van der Waals surface area contributed by atoms with Crippen molar-refractivity contribution in [1.82, 2.24) is 4.98 Å². The van der Waals surface area contributed by atoms with Gasteiger partial charge in [0.2, 0.25) is 0 Å². The molecular formula is C7H12N2O. The lowest BCUT2D eigenvalue weighted by Gasteiger charge is -1.96. The molecule has 0 atom stereocenters. The summed E-state index contributed by atoms with van der Waals surface area (Å²) >= 11 is 0. The first-order valence-electron chi connectivity index (χ1n) is 3.32. The Morgan fingerprint density at radius 2 is 2.30 bits per heavy atom. The molecule has 0 spiro atoms. The number of hydrogen-bond acceptors (Lipinski definition) is 2. The highest BCUT2D eigenvalue weighted by atomic mass is 16.5. The van der Waals surface area contributed by atoms with E-state index in [0.717, 1.165) is 0 Å². The quantitative estimate of drug-likeness (QED) is 0.550. The number of aromatic nitrogens is 1. The van der Waals surface area contributed by atoms with Crippen LogP contribution < -0.4 is 5.48 Å². The number of rotatable bonds is 2. The minimum atomic E-state index is 0.498. The maximum atomic E-state index is 8.45. The van der Waals surface area contributed by atoms with Gasteiger partial charge in [-0.3, -0.25) is 10.7 Å². The normalized spacial score (nSPS) is 10.4. The van der Waals surface area contributed by atoms with Crippen molar-refractivity contribution in [1.29, 1.82) is 0 Å². The molecule has 10 heavy (non-hydrogen) atoms. The molecular weight excluding hydrogens is 128 g/mol. The number of nitrogens with one attached hydrogen (secondary N) is 2. The molecule has 1 aromatic rings. The number of H-pyrrole nitrogens is 1. The molecule has 0 aromatic carbocycles. The van der Waals surface area contributed by atoms with Crippen molar-refractivity contribution in [2.24, 2.45) is 0 Å². The van der Waals surface area contributed by atoms with Crippen LogP contribution in [0, 0.1) is 0 Å². The highest BCUT2D eigenvalue weighted by Crippen LogP contribution is 2.16. The zero-order valence-electron chi connectivity index (χ0n) is 6.18. The van der Waals surface area contributed by atoms with Gasteiger partial charge in [-0.15, -0.1) is 0 Å². The first-order valence-corrected chi connectivity index (χ1v) is 3.32. The van der Waals surface area contributed by atoms with Gasteiger partial charge in [0, 0.05) is 6.20 Å². The second kappa shape index (κ2) is 2.75. The molecule has 0 radical (unpaired) electrons. The van der Waals surface area contributed by atoms with Crippen molar-refractivity contribution in [3.05, 3.63) is 17.8 Å². The number of aromatic amines is 1. The third kappa shape index (κ3) is 1.30. The summed E-state index contributed by atoms with van der Waals surface area (Å²) in [6.45, 7) is 4.20. The summed E-state index contributed by atoms with van der Waals surface area (Å²) in [6.07, 6.45) is 1.88. The van der Waals surface area contributed by atoms with E-state index in [1.807, 2.05) is 17.7 Å². The van der Waals surface area contributed by atoms with E-state index in [9.17, 15) is 0 Å².